The molecule has 0 aromatic rings. The molecule has 0 radical (unpaired) electrons. The van der Waals surface area contributed by atoms with Gasteiger partial charge in [-0.25, -0.2) is 0 Å². The maximum atomic E-state index is 11.8. The Balaban J connectivity index is 2.21. The molecule has 0 aromatic carbocycles. The van der Waals surface area contributed by atoms with Crippen LogP contribution in [0.3, 0.4) is 0 Å². The highest BCUT2D eigenvalue weighted by molar-refractivity contribution is 5.91. The number of likely N-dealkylation sites (tertiary alicyclic amines) is 2. The molecule has 0 N–H and O–H groups in total. The fourth-order valence-corrected chi connectivity index (χ4v) is 3.13. The molecule has 2 saturated heterocycles. The van der Waals surface area contributed by atoms with Crippen molar-refractivity contribution >= 4 is 5.91 Å². The lowest BCUT2D eigenvalue weighted by atomic mass is 9.58. The maximum absolute atomic E-state index is 11.8. The standard InChI is InChI=1S/C11H20N2O/c1-10(2)9(14)13(4)11(10)5-7-12(3)8-6-11/h5-8H2,1-4H3. The Kier molecular flexibility index (Phi) is 1.94. The average Bonchev–Trinajstić information content (AvgIpc) is 2.17. The number of carbonyl (C=O) groups is 1. The molecule has 1 spiro atoms. The van der Waals surface area contributed by atoms with Crippen LogP contribution in [0.15, 0.2) is 0 Å². The van der Waals surface area contributed by atoms with Gasteiger partial charge in [0.25, 0.3) is 0 Å². The van der Waals surface area contributed by atoms with Gasteiger partial charge in [0.1, 0.15) is 0 Å². The zero-order valence-electron chi connectivity index (χ0n) is 9.63. The van der Waals surface area contributed by atoms with E-state index < -0.39 is 0 Å². The lowest BCUT2D eigenvalue weighted by Crippen LogP contribution is -2.76. The van der Waals surface area contributed by atoms with E-state index in [2.05, 4.69) is 25.8 Å². The Bertz CT molecular complexity index is 264. The lowest BCUT2D eigenvalue weighted by Gasteiger charge is -2.64. The molecule has 0 bridgehead atoms. The van der Waals surface area contributed by atoms with Crippen LogP contribution in [-0.4, -0.2) is 48.4 Å². The van der Waals surface area contributed by atoms with Gasteiger partial charge >= 0.3 is 0 Å². The van der Waals surface area contributed by atoms with Gasteiger partial charge in [0.15, 0.2) is 0 Å². The number of amides is 1. The highest BCUT2D eigenvalue weighted by Gasteiger charge is 2.64. The van der Waals surface area contributed by atoms with E-state index in [9.17, 15) is 4.79 Å². The molecule has 14 heavy (non-hydrogen) atoms. The molecule has 1 amide bonds. The monoisotopic (exact) mass is 196 g/mol. The molecule has 0 unspecified atom stereocenters. The second-order valence-electron chi connectivity index (χ2n) is 5.32. The van der Waals surface area contributed by atoms with Gasteiger partial charge < -0.3 is 9.80 Å². The Hall–Kier alpha value is -0.570. The molecule has 0 aromatic heterocycles. The van der Waals surface area contributed by atoms with Crippen LogP contribution in [0, 0.1) is 5.41 Å². The maximum Gasteiger partial charge on any atom is 0.230 e. The molecule has 0 aliphatic carbocycles. The first kappa shape index (κ1) is 9.97. The predicted octanol–water partition coefficient (Wildman–Crippen LogP) is 0.949. The second-order valence-corrected chi connectivity index (χ2v) is 5.32. The molecule has 3 heteroatoms. The van der Waals surface area contributed by atoms with Crippen molar-refractivity contribution in [1.82, 2.24) is 9.80 Å². The number of carbonyl (C=O) groups excluding carboxylic acids is 1. The molecule has 2 heterocycles. The first-order valence-electron chi connectivity index (χ1n) is 5.39. The summed E-state index contributed by atoms with van der Waals surface area (Å²) in [5.41, 5.74) is 0.0135. The van der Waals surface area contributed by atoms with Crippen molar-refractivity contribution in [3.63, 3.8) is 0 Å². The van der Waals surface area contributed by atoms with E-state index in [1.807, 2.05) is 11.9 Å². The van der Waals surface area contributed by atoms with Crippen LogP contribution in [0.4, 0.5) is 0 Å². The van der Waals surface area contributed by atoms with Crippen LogP contribution in [0.25, 0.3) is 0 Å². The van der Waals surface area contributed by atoms with Crippen molar-refractivity contribution in [1.29, 1.82) is 0 Å². The molecule has 3 nitrogen and oxygen atoms in total. The summed E-state index contributed by atoms with van der Waals surface area (Å²) < 4.78 is 0. The lowest BCUT2D eigenvalue weighted by molar-refractivity contribution is -0.191. The molecule has 2 aliphatic heterocycles. The summed E-state index contributed by atoms with van der Waals surface area (Å²) in [5.74, 6) is 0.307. The second kappa shape index (κ2) is 2.72. The third-order valence-corrected chi connectivity index (χ3v) is 4.46. The molecule has 2 fully saturated rings. The number of hydrogen-bond acceptors (Lipinski definition) is 2. The van der Waals surface area contributed by atoms with E-state index in [-0.39, 0.29) is 11.0 Å². The highest BCUT2D eigenvalue weighted by atomic mass is 16.2. The van der Waals surface area contributed by atoms with Crippen molar-refractivity contribution in [2.24, 2.45) is 5.41 Å². The number of rotatable bonds is 0. The Morgan fingerprint density at radius 1 is 1.14 bits per heavy atom. The highest BCUT2D eigenvalue weighted by Crippen LogP contribution is 2.52. The Morgan fingerprint density at radius 2 is 1.64 bits per heavy atom. The SMILES string of the molecule is CN1CCC2(CC1)N(C)C(=O)C2(C)C. The summed E-state index contributed by atoms with van der Waals surface area (Å²) in [7, 11) is 4.11. The smallest absolute Gasteiger partial charge is 0.230 e. The zero-order chi connectivity index (χ0) is 10.6. The van der Waals surface area contributed by atoms with E-state index in [4.69, 9.17) is 0 Å². The molecular formula is C11H20N2O. The Morgan fingerprint density at radius 3 is 2.07 bits per heavy atom. The van der Waals surface area contributed by atoms with Crippen LogP contribution in [0.2, 0.25) is 0 Å². The minimum atomic E-state index is -0.136. The van der Waals surface area contributed by atoms with Crippen LogP contribution >= 0.6 is 0 Å². The molecule has 0 saturated carbocycles. The van der Waals surface area contributed by atoms with Gasteiger partial charge in [-0.2, -0.15) is 0 Å². The molecular weight excluding hydrogens is 176 g/mol. The summed E-state index contributed by atoms with van der Waals surface area (Å²) in [6, 6.07) is 0. The first-order chi connectivity index (χ1) is 6.42. The van der Waals surface area contributed by atoms with Crippen LogP contribution in [-0.2, 0) is 4.79 Å². The Labute approximate surface area is 86.1 Å². The fraction of sp³-hybridized carbons (Fsp3) is 0.909. The van der Waals surface area contributed by atoms with Gasteiger partial charge in [-0.15, -0.1) is 0 Å². The molecule has 0 atom stereocenters. The van der Waals surface area contributed by atoms with Crippen LogP contribution in [0.5, 0.6) is 0 Å². The zero-order valence-corrected chi connectivity index (χ0v) is 9.63. The fourth-order valence-electron chi connectivity index (χ4n) is 3.13. The summed E-state index contributed by atoms with van der Waals surface area (Å²) in [5, 5.41) is 0. The number of hydrogen-bond donors (Lipinski definition) is 0. The summed E-state index contributed by atoms with van der Waals surface area (Å²) >= 11 is 0. The largest absolute Gasteiger partial charge is 0.338 e. The van der Waals surface area contributed by atoms with Crippen molar-refractivity contribution in [2.75, 3.05) is 27.2 Å². The van der Waals surface area contributed by atoms with Crippen LogP contribution in [0.1, 0.15) is 26.7 Å². The van der Waals surface area contributed by atoms with E-state index in [0.717, 1.165) is 25.9 Å². The number of nitrogens with zero attached hydrogens (tertiary/aromatic N) is 2. The van der Waals surface area contributed by atoms with Gasteiger partial charge in [-0.1, -0.05) is 0 Å². The minimum absolute atomic E-state index is 0.136. The van der Waals surface area contributed by atoms with E-state index >= 15 is 0 Å². The third-order valence-electron chi connectivity index (χ3n) is 4.46. The molecule has 80 valence electrons. The van der Waals surface area contributed by atoms with E-state index in [0.29, 0.717) is 5.91 Å². The topological polar surface area (TPSA) is 23.6 Å². The van der Waals surface area contributed by atoms with Gasteiger partial charge in [-0.3, -0.25) is 4.79 Å². The molecule has 2 aliphatic rings. The van der Waals surface area contributed by atoms with Gasteiger partial charge in [0.2, 0.25) is 5.91 Å². The first-order valence-corrected chi connectivity index (χ1v) is 5.39. The van der Waals surface area contributed by atoms with E-state index in [1.54, 1.807) is 0 Å². The number of piperidine rings is 1. The minimum Gasteiger partial charge on any atom is -0.338 e. The quantitative estimate of drug-likeness (QED) is 0.539. The van der Waals surface area contributed by atoms with Crippen molar-refractivity contribution in [2.45, 2.75) is 32.2 Å². The third kappa shape index (κ3) is 0.937. The van der Waals surface area contributed by atoms with Crippen molar-refractivity contribution < 1.29 is 4.79 Å². The van der Waals surface area contributed by atoms with Crippen molar-refractivity contribution in [3.8, 4) is 0 Å². The summed E-state index contributed by atoms with van der Waals surface area (Å²) in [4.78, 5) is 16.1. The van der Waals surface area contributed by atoms with Gasteiger partial charge in [0.05, 0.1) is 11.0 Å². The number of β-lactam (4-membered cyclic amide) rings is 1. The van der Waals surface area contributed by atoms with Crippen LogP contribution < -0.4 is 0 Å². The summed E-state index contributed by atoms with van der Waals surface area (Å²) in [6.45, 7) is 6.42. The molecule has 2 rings (SSSR count). The van der Waals surface area contributed by atoms with Gasteiger partial charge in [0, 0.05) is 20.1 Å². The van der Waals surface area contributed by atoms with Gasteiger partial charge in [-0.05, 0) is 33.7 Å². The normalized spacial score (nSPS) is 30.6. The van der Waals surface area contributed by atoms with E-state index in [1.165, 1.54) is 0 Å². The van der Waals surface area contributed by atoms with Crippen molar-refractivity contribution in [3.05, 3.63) is 0 Å². The summed E-state index contributed by atoms with van der Waals surface area (Å²) in [6.07, 6.45) is 2.25. The average molecular weight is 196 g/mol. The predicted molar refractivity (Wildman–Crippen MR) is 56.0 cm³/mol.